The van der Waals surface area contributed by atoms with E-state index in [4.69, 9.17) is 9.47 Å². The molecule has 0 radical (unpaired) electrons. The van der Waals surface area contributed by atoms with E-state index in [1.54, 1.807) is 6.92 Å². The molecule has 5 nitrogen and oxygen atoms in total. The number of carbonyl (C=O) groups excluding carboxylic acids is 2. The molecule has 0 spiro atoms. The van der Waals surface area contributed by atoms with Gasteiger partial charge in [0.15, 0.2) is 5.78 Å². The standard InChI is InChI=1S/C18H18O5/c1-3-22-18(21)16-15(10-9-14(12(2)19)17(16)20)23-11-13-7-5-4-6-8-13/h4-10,20H,3,11H2,1-2H3. The van der Waals surface area contributed by atoms with E-state index in [1.165, 1.54) is 19.1 Å². The number of Topliss-reactive ketones (excluding diaryl/α,β-unsaturated/α-hetero) is 1. The van der Waals surface area contributed by atoms with Crippen LogP contribution in [0.25, 0.3) is 0 Å². The minimum atomic E-state index is -0.726. The molecule has 2 rings (SSSR count). The molecule has 0 saturated heterocycles. The highest BCUT2D eigenvalue weighted by molar-refractivity contribution is 6.03. The summed E-state index contributed by atoms with van der Waals surface area (Å²) in [6, 6.07) is 12.3. The number of benzene rings is 2. The fourth-order valence-corrected chi connectivity index (χ4v) is 2.11. The first-order valence-electron chi connectivity index (χ1n) is 7.25. The Hall–Kier alpha value is -2.82. The summed E-state index contributed by atoms with van der Waals surface area (Å²) in [5, 5.41) is 10.2. The van der Waals surface area contributed by atoms with E-state index >= 15 is 0 Å². The van der Waals surface area contributed by atoms with Gasteiger partial charge < -0.3 is 14.6 Å². The van der Waals surface area contributed by atoms with Crippen molar-refractivity contribution < 1.29 is 24.2 Å². The van der Waals surface area contributed by atoms with Gasteiger partial charge in [0.2, 0.25) is 0 Å². The van der Waals surface area contributed by atoms with Crippen molar-refractivity contribution in [1.29, 1.82) is 0 Å². The first-order valence-corrected chi connectivity index (χ1v) is 7.25. The average molecular weight is 314 g/mol. The number of rotatable bonds is 6. The van der Waals surface area contributed by atoms with Crippen molar-refractivity contribution in [2.45, 2.75) is 20.5 Å². The summed E-state index contributed by atoms with van der Waals surface area (Å²) in [5.74, 6) is -1.31. The van der Waals surface area contributed by atoms with Gasteiger partial charge >= 0.3 is 5.97 Å². The number of phenolic OH excluding ortho intramolecular Hbond substituents is 1. The second kappa shape index (κ2) is 7.45. The predicted molar refractivity (Wildman–Crippen MR) is 84.8 cm³/mol. The van der Waals surface area contributed by atoms with E-state index < -0.39 is 11.7 Å². The van der Waals surface area contributed by atoms with Crippen LogP contribution in [0.15, 0.2) is 42.5 Å². The van der Waals surface area contributed by atoms with Crippen LogP contribution in [-0.2, 0) is 11.3 Å². The molecule has 0 atom stereocenters. The molecule has 0 unspecified atom stereocenters. The molecule has 120 valence electrons. The first kappa shape index (κ1) is 16.5. The zero-order valence-electron chi connectivity index (χ0n) is 13.0. The molecule has 0 aliphatic carbocycles. The van der Waals surface area contributed by atoms with E-state index in [1.807, 2.05) is 30.3 Å². The molecule has 0 bridgehead atoms. The zero-order chi connectivity index (χ0) is 16.8. The normalized spacial score (nSPS) is 10.2. The predicted octanol–water partition coefficient (Wildman–Crippen LogP) is 3.35. The van der Waals surface area contributed by atoms with E-state index in [0.29, 0.717) is 0 Å². The van der Waals surface area contributed by atoms with Gasteiger partial charge in [0.05, 0.1) is 12.2 Å². The number of ether oxygens (including phenoxy) is 2. The lowest BCUT2D eigenvalue weighted by Crippen LogP contribution is -2.10. The Balaban J connectivity index is 2.35. The molecule has 2 aromatic carbocycles. The van der Waals surface area contributed by atoms with Crippen LogP contribution in [0.3, 0.4) is 0 Å². The lowest BCUT2D eigenvalue weighted by Gasteiger charge is -2.14. The molecular formula is C18H18O5. The van der Waals surface area contributed by atoms with Crippen molar-refractivity contribution in [2.24, 2.45) is 0 Å². The summed E-state index contributed by atoms with van der Waals surface area (Å²) >= 11 is 0. The number of hydrogen-bond donors (Lipinski definition) is 1. The summed E-state index contributed by atoms with van der Waals surface area (Å²) in [4.78, 5) is 23.6. The van der Waals surface area contributed by atoms with Crippen molar-refractivity contribution in [2.75, 3.05) is 6.61 Å². The van der Waals surface area contributed by atoms with Gasteiger partial charge in [0.1, 0.15) is 23.7 Å². The highest BCUT2D eigenvalue weighted by Gasteiger charge is 2.23. The summed E-state index contributed by atoms with van der Waals surface area (Å²) < 4.78 is 10.6. The number of hydrogen-bond acceptors (Lipinski definition) is 5. The quantitative estimate of drug-likeness (QED) is 0.654. The van der Waals surface area contributed by atoms with Crippen LogP contribution in [0.5, 0.6) is 11.5 Å². The Kier molecular flexibility index (Phi) is 5.36. The number of aromatic hydroxyl groups is 1. The third-order valence-corrected chi connectivity index (χ3v) is 3.24. The molecule has 1 N–H and O–H groups in total. The maximum Gasteiger partial charge on any atom is 0.345 e. The van der Waals surface area contributed by atoms with Crippen LogP contribution in [0.2, 0.25) is 0 Å². The lowest BCUT2D eigenvalue weighted by molar-refractivity contribution is 0.0517. The molecular weight excluding hydrogens is 296 g/mol. The van der Waals surface area contributed by atoms with Crippen LogP contribution in [0.4, 0.5) is 0 Å². The van der Waals surface area contributed by atoms with Crippen molar-refractivity contribution in [3.63, 3.8) is 0 Å². The maximum absolute atomic E-state index is 12.1. The second-order valence-corrected chi connectivity index (χ2v) is 4.89. The third-order valence-electron chi connectivity index (χ3n) is 3.24. The fourth-order valence-electron chi connectivity index (χ4n) is 2.11. The Morgan fingerprint density at radius 1 is 1.09 bits per heavy atom. The van der Waals surface area contributed by atoms with Crippen molar-refractivity contribution in [3.8, 4) is 11.5 Å². The smallest absolute Gasteiger partial charge is 0.345 e. The number of esters is 1. The first-order chi connectivity index (χ1) is 11.0. The molecule has 23 heavy (non-hydrogen) atoms. The fraction of sp³-hybridized carbons (Fsp3) is 0.222. The van der Waals surface area contributed by atoms with Crippen LogP contribution in [0, 0.1) is 0 Å². The van der Waals surface area contributed by atoms with Crippen LogP contribution in [-0.4, -0.2) is 23.5 Å². The largest absolute Gasteiger partial charge is 0.506 e. The zero-order valence-corrected chi connectivity index (χ0v) is 13.0. The van der Waals surface area contributed by atoms with Gasteiger partial charge in [0, 0.05) is 0 Å². The SMILES string of the molecule is CCOC(=O)c1c(OCc2ccccc2)ccc(C(C)=O)c1O. The van der Waals surface area contributed by atoms with Gasteiger partial charge in [0.25, 0.3) is 0 Å². The van der Waals surface area contributed by atoms with Gasteiger partial charge in [-0.25, -0.2) is 4.79 Å². The van der Waals surface area contributed by atoms with Crippen LogP contribution in [0.1, 0.15) is 40.1 Å². The molecule has 0 amide bonds. The Morgan fingerprint density at radius 3 is 2.39 bits per heavy atom. The van der Waals surface area contributed by atoms with Crippen molar-refractivity contribution in [1.82, 2.24) is 0 Å². The van der Waals surface area contributed by atoms with E-state index in [9.17, 15) is 14.7 Å². The molecule has 0 saturated carbocycles. The Labute approximate surface area is 134 Å². The van der Waals surface area contributed by atoms with E-state index in [0.717, 1.165) is 5.56 Å². The van der Waals surface area contributed by atoms with Crippen molar-refractivity contribution >= 4 is 11.8 Å². The summed E-state index contributed by atoms with van der Waals surface area (Å²) in [6.45, 7) is 3.36. The Morgan fingerprint density at radius 2 is 1.78 bits per heavy atom. The number of ketones is 1. The van der Waals surface area contributed by atoms with E-state index in [2.05, 4.69) is 0 Å². The second-order valence-electron chi connectivity index (χ2n) is 4.89. The van der Waals surface area contributed by atoms with Crippen LogP contribution < -0.4 is 4.74 Å². The van der Waals surface area contributed by atoms with Crippen LogP contribution >= 0.6 is 0 Å². The minimum Gasteiger partial charge on any atom is -0.506 e. The lowest BCUT2D eigenvalue weighted by atomic mass is 10.0. The molecule has 0 aromatic heterocycles. The van der Waals surface area contributed by atoms with Crippen molar-refractivity contribution in [3.05, 3.63) is 59.2 Å². The topological polar surface area (TPSA) is 72.8 Å². The molecule has 0 fully saturated rings. The summed E-state index contributed by atoms with van der Waals surface area (Å²) in [6.07, 6.45) is 0. The van der Waals surface area contributed by atoms with Gasteiger partial charge in [-0.1, -0.05) is 30.3 Å². The monoisotopic (exact) mass is 314 g/mol. The molecule has 2 aromatic rings. The highest BCUT2D eigenvalue weighted by atomic mass is 16.5. The number of phenols is 1. The summed E-state index contributed by atoms with van der Waals surface area (Å²) in [5.41, 5.74) is 0.841. The number of carbonyl (C=O) groups is 2. The minimum absolute atomic E-state index is 0.0557. The molecule has 0 aliphatic heterocycles. The van der Waals surface area contributed by atoms with E-state index in [-0.39, 0.29) is 35.9 Å². The third kappa shape index (κ3) is 3.88. The Bertz CT molecular complexity index is 707. The highest BCUT2D eigenvalue weighted by Crippen LogP contribution is 2.33. The van der Waals surface area contributed by atoms with Gasteiger partial charge in [-0.05, 0) is 31.5 Å². The molecule has 5 heteroatoms. The maximum atomic E-state index is 12.1. The molecule has 0 aliphatic rings. The van der Waals surface area contributed by atoms with Gasteiger partial charge in [-0.15, -0.1) is 0 Å². The summed E-state index contributed by atoms with van der Waals surface area (Å²) in [7, 11) is 0. The van der Waals surface area contributed by atoms with Gasteiger partial charge in [-0.2, -0.15) is 0 Å². The van der Waals surface area contributed by atoms with Gasteiger partial charge in [-0.3, -0.25) is 4.79 Å². The molecule has 0 heterocycles. The average Bonchev–Trinajstić information content (AvgIpc) is 2.53.